The van der Waals surface area contributed by atoms with Crippen molar-refractivity contribution in [3.63, 3.8) is 0 Å². The largest absolute Gasteiger partial charge is 0.206 e. The Balaban J connectivity index is 2.77. The summed E-state index contributed by atoms with van der Waals surface area (Å²) in [6, 6.07) is 13.6. The lowest BCUT2D eigenvalue weighted by Crippen LogP contribution is -1.83. The summed E-state index contributed by atoms with van der Waals surface area (Å²) in [6.45, 7) is 3.58. The SMILES string of the molecule is CC(C)=C(F)c1cccc2ccccc12. The van der Waals surface area contributed by atoms with Gasteiger partial charge in [-0.1, -0.05) is 42.5 Å². The van der Waals surface area contributed by atoms with Crippen LogP contribution in [0.5, 0.6) is 0 Å². The van der Waals surface area contributed by atoms with Crippen LogP contribution >= 0.6 is 0 Å². The molecule has 0 nitrogen and oxygen atoms in total. The predicted octanol–water partition coefficient (Wildman–Crippen LogP) is 4.56. The Morgan fingerprint density at radius 3 is 2.33 bits per heavy atom. The van der Waals surface area contributed by atoms with Gasteiger partial charge in [0.25, 0.3) is 0 Å². The molecule has 0 N–H and O–H groups in total. The zero-order chi connectivity index (χ0) is 10.8. The molecule has 0 aliphatic rings. The van der Waals surface area contributed by atoms with E-state index in [0.717, 1.165) is 10.8 Å². The van der Waals surface area contributed by atoms with Crippen molar-refractivity contribution in [1.29, 1.82) is 0 Å². The third-order valence-electron chi connectivity index (χ3n) is 2.47. The number of hydrogen-bond acceptors (Lipinski definition) is 0. The maximum absolute atomic E-state index is 13.9. The second kappa shape index (κ2) is 3.85. The summed E-state index contributed by atoms with van der Waals surface area (Å²) in [5.74, 6) is -0.119. The molecule has 0 heterocycles. The van der Waals surface area contributed by atoms with Gasteiger partial charge in [0.15, 0.2) is 0 Å². The second-order valence-corrected chi connectivity index (χ2v) is 3.84. The summed E-state index contributed by atoms with van der Waals surface area (Å²) < 4.78 is 13.9. The summed E-state index contributed by atoms with van der Waals surface area (Å²) in [7, 11) is 0. The van der Waals surface area contributed by atoms with Crippen molar-refractivity contribution in [3.05, 3.63) is 53.6 Å². The topological polar surface area (TPSA) is 0 Å². The molecular formula is C14H13F. The molecule has 15 heavy (non-hydrogen) atoms. The highest BCUT2D eigenvalue weighted by Crippen LogP contribution is 2.27. The van der Waals surface area contributed by atoms with Crippen LogP contribution in [0.15, 0.2) is 48.0 Å². The minimum absolute atomic E-state index is 0.119. The monoisotopic (exact) mass is 200 g/mol. The van der Waals surface area contributed by atoms with Crippen LogP contribution in [0, 0.1) is 0 Å². The van der Waals surface area contributed by atoms with Crippen molar-refractivity contribution in [1.82, 2.24) is 0 Å². The van der Waals surface area contributed by atoms with E-state index in [1.165, 1.54) is 0 Å². The first kappa shape index (κ1) is 9.91. The Morgan fingerprint density at radius 2 is 1.60 bits per heavy atom. The Morgan fingerprint density at radius 1 is 0.933 bits per heavy atom. The Kier molecular flexibility index (Phi) is 2.55. The Hall–Kier alpha value is -1.63. The van der Waals surface area contributed by atoms with Crippen LogP contribution in [0.3, 0.4) is 0 Å². The lowest BCUT2D eigenvalue weighted by Gasteiger charge is -2.05. The van der Waals surface area contributed by atoms with Crippen molar-refractivity contribution < 1.29 is 4.39 Å². The quantitative estimate of drug-likeness (QED) is 0.633. The second-order valence-electron chi connectivity index (χ2n) is 3.84. The molecule has 0 fully saturated rings. The molecule has 0 unspecified atom stereocenters. The smallest absolute Gasteiger partial charge is 0.129 e. The average Bonchev–Trinajstić information content (AvgIpc) is 2.27. The average molecular weight is 200 g/mol. The maximum Gasteiger partial charge on any atom is 0.129 e. The normalized spacial score (nSPS) is 10.3. The van der Waals surface area contributed by atoms with Crippen LogP contribution in [0.25, 0.3) is 16.6 Å². The van der Waals surface area contributed by atoms with E-state index < -0.39 is 0 Å². The lowest BCUT2D eigenvalue weighted by atomic mass is 10.0. The van der Waals surface area contributed by atoms with E-state index in [-0.39, 0.29) is 5.83 Å². The van der Waals surface area contributed by atoms with Gasteiger partial charge >= 0.3 is 0 Å². The summed E-state index contributed by atoms with van der Waals surface area (Å²) in [6.07, 6.45) is 0. The molecule has 0 aromatic heterocycles. The molecule has 2 rings (SSSR count). The molecule has 0 saturated heterocycles. The number of hydrogen-bond donors (Lipinski definition) is 0. The van der Waals surface area contributed by atoms with Crippen molar-refractivity contribution >= 4 is 16.6 Å². The Labute approximate surface area is 89.0 Å². The van der Waals surface area contributed by atoms with Gasteiger partial charge in [0.1, 0.15) is 5.83 Å². The summed E-state index contributed by atoms with van der Waals surface area (Å²) in [4.78, 5) is 0. The lowest BCUT2D eigenvalue weighted by molar-refractivity contribution is 0.751. The van der Waals surface area contributed by atoms with Gasteiger partial charge in [-0.05, 0) is 30.2 Å². The van der Waals surface area contributed by atoms with E-state index in [9.17, 15) is 4.39 Å². The van der Waals surface area contributed by atoms with Crippen molar-refractivity contribution in [2.24, 2.45) is 0 Å². The fraction of sp³-hybridized carbons (Fsp3) is 0.143. The van der Waals surface area contributed by atoms with Crippen LogP contribution in [0.1, 0.15) is 19.4 Å². The summed E-state index contributed by atoms with van der Waals surface area (Å²) in [5, 5.41) is 2.05. The molecule has 0 aliphatic heterocycles. The minimum Gasteiger partial charge on any atom is -0.206 e. The highest BCUT2D eigenvalue weighted by Gasteiger charge is 2.06. The van der Waals surface area contributed by atoms with Gasteiger partial charge in [0.2, 0.25) is 0 Å². The fourth-order valence-corrected chi connectivity index (χ4v) is 1.69. The number of rotatable bonds is 1. The number of allylic oxidation sites excluding steroid dienone is 1. The van der Waals surface area contributed by atoms with E-state index in [1.807, 2.05) is 42.5 Å². The highest BCUT2D eigenvalue weighted by atomic mass is 19.1. The number of halogens is 1. The van der Waals surface area contributed by atoms with E-state index in [0.29, 0.717) is 11.1 Å². The molecular weight excluding hydrogens is 187 g/mol. The van der Waals surface area contributed by atoms with Gasteiger partial charge in [-0.15, -0.1) is 0 Å². The van der Waals surface area contributed by atoms with Gasteiger partial charge in [0, 0.05) is 5.56 Å². The van der Waals surface area contributed by atoms with Crippen molar-refractivity contribution in [2.45, 2.75) is 13.8 Å². The van der Waals surface area contributed by atoms with Crippen LogP contribution in [0.4, 0.5) is 4.39 Å². The van der Waals surface area contributed by atoms with Gasteiger partial charge in [-0.3, -0.25) is 0 Å². The van der Waals surface area contributed by atoms with Crippen LogP contribution < -0.4 is 0 Å². The molecule has 0 amide bonds. The standard InChI is InChI=1S/C14H13F/c1-10(2)14(15)13-9-5-7-11-6-3-4-8-12(11)13/h3-9H,1-2H3. The molecule has 0 spiro atoms. The molecule has 2 aromatic carbocycles. The van der Waals surface area contributed by atoms with Crippen LogP contribution in [0.2, 0.25) is 0 Å². The fourth-order valence-electron chi connectivity index (χ4n) is 1.69. The van der Waals surface area contributed by atoms with Crippen LogP contribution in [-0.2, 0) is 0 Å². The van der Waals surface area contributed by atoms with E-state index in [1.54, 1.807) is 13.8 Å². The first-order chi connectivity index (χ1) is 7.20. The molecule has 0 saturated carbocycles. The molecule has 76 valence electrons. The van der Waals surface area contributed by atoms with Crippen LogP contribution in [-0.4, -0.2) is 0 Å². The molecule has 2 aromatic rings. The predicted molar refractivity (Wildman–Crippen MR) is 63.3 cm³/mol. The zero-order valence-electron chi connectivity index (χ0n) is 8.92. The Bertz CT molecular complexity index is 514. The number of benzene rings is 2. The highest BCUT2D eigenvalue weighted by molar-refractivity contribution is 5.92. The zero-order valence-corrected chi connectivity index (χ0v) is 8.92. The molecule has 0 aliphatic carbocycles. The molecule has 0 radical (unpaired) electrons. The minimum atomic E-state index is -0.119. The van der Waals surface area contributed by atoms with Gasteiger partial charge < -0.3 is 0 Å². The molecule has 0 bridgehead atoms. The first-order valence-electron chi connectivity index (χ1n) is 5.01. The number of fused-ring (bicyclic) bond motifs is 1. The summed E-state index contributed by atoms with van der Waals surface area (Å²) in [5.41, 5.74) is 1.40. The van der Waals surface area contributed by atoms with E-state index in [4.69, 9.17) is 0 Å². The molecule has 1 heteroatoms. The van der Waals surface area contributed by atoms with Gasteiger partial charge in [-0.25, -0.2) is 4.39 Å². The van der Waals surface area contributed by atoms with E-state index in [2.05, 4.69) is 0 Å². The van der Waals surface area contributed by atoms with E-state index >= 15 is 0 Å². The van der Waals surface area contributed by atoms with Gasteiger partial charge in [0.05, 0.1) is 0 Å². The first-order valence-corrected chi connectivity index (χ1v) is 5.01. The van der Waals surface area contributed by atoms with Gasteiger partial charge in [-0.2, -0.15) is 0 Å². The van der Waals surface area contributed by atoms with Crippen molar-refractivity contribution in [3.8, 4) is 0 Å². The molecule has 0 atom stereocenters. The summed E-state index contributed by atoms with van der Waals surface area (Å²) >= 11 is 0. The third-order valence-corrected chi connectivity index (χ3v) is 2.47. The van der Waals surface area contributed by atoms with Crippen molar-refractivity contribution in [2.75, 3.05) is 0 Å². The maximum atomic E-state index is 13.9. The third kappa shape index (κ3) is 1.78.